The Morgan fingerprint density at radius 2 is 2.00 bits per heavy atom. The Morgan fingerprint density at radius 1 is 1.21 bits per heavy atom. The highest BCUT2D eigenvalue weighted by Crippen LogP contribution is 2.25. The van der Waals surface area contributed by atoms with Crippen LogP contribution in [0.25, 0.3) is 0 Å². The van der Waals surface area contributed by atoms with Gasteiger partial charge < -0.3 is 14.7 Å². The number of nitrogens with one attached hydrogen (secondary N) is 2. The topological polar surface area (TPSA) is 83.8 Å². The fourth-order valence-electron chi connectivity index (χ4n) is 2.23. The molecule has 0 fully saturated rings. The average Bonchev–Trinajstić information content (AvgIpc) is 3.03. The van der Waals surface area contributed by atoms with Crippen molar-refractivity contribution in [2.45, 2.75) is 37.2 Å². The van der Waals surface area contributed by atoms with Gasteiger partial charge in [-0.3, -0.25) is 4.79 Å². The summed E-state index contributed by atoms with van der Waals surface area (Å²) < 4.78 is 5.75. The molecule has 124 valence electrons. The quantitative estimate of drug-likeness (QED) is 0.670. The van der Waals surface area contributed by atoms with Crippen LogP contribution in [0.3, 0.4) is 0 Å². The predicted octanol–water partition coefficient (Wildman–Crippen LogP) is 2.82. The zero-order chi connectivity index (χ0) is 16.9. The summed E-state index contributed by atoms with van der Waals surface area (Å²) in [5.74, 6) is 0.820. The maximum absolute atomic E-state index is 11.9. The summed E-state index contributed by atoms with van der Waals surface area (Å²) >= 11 is 1.38. The van der Waals surface area contributed by atoms with Crippen LogP contribution in [0, 0.1) is 13.8 Å². The highest BCUT2D eigenvalue weighted by atomic mass is 32.2. The Hall–Kier alpha value is -2.38. The van der Waals surface area contributed by atoms with Crippen molar-refractivity contribution in [3.63, 3.8) is 0 Å². The standard InChI is InChI=1S/C17H18N4O2S/c1-11-8-21-14(12(2)16(11)22)10-18-9-13-4-5-15(23-13)24-17-19-6-3-7-20-17/h3-8,18H,9-10H2,1-2H3,(H,21,22). The first-order valence-electron chi connectivity index (χ1n) is 7.55. The number of furan rings is 1. The minimum absolute atomic E-state index is 0.0881. The first kappa shape index (κ1) is 16.5. The number of nitrogens with zero attached hydrogens (tertiary/aromatic N) is 2. The summed E-state index contributed by atoms with van der Waals surface area (Å²) in [6.07, 6.45) is 5.14. The molecule has 3 heterocycles. The second-order valence-electron chi connectivity index (χ2n) is 5.36. The van der Waals surface area contributed by atoms with Crippen LogP contribution in [0.4, 0.5) is 0 Å². The van der Waals surface area contributed by atoms with Gasteiger partial charge in [0.05, 0.1) is 6.54 Å². The lowest BCUT2D eigenvalue weighted by Crippen LogP contribution is -2.19. The monoisotopic (exact) mass is 342 g/mol. The highest BCUT2D eigenvalue weighted by molar-refractivity contribution is 7.99. The van der Waals surface area contributed by atoms with Crippen LogP contribution in [-0.4, -0.2) is 15.0 Å². The van der Waals surface area contributed by atoms with Crippen molar-refractivity contribution < 1.29 is 4.42 Å². The number of pyridine rings is 1. The van der Waals surface area contributed by atoms with Gasteiger partial charge >= 0.3 is 0 Å². The van der Waals surface area contributed by atoms with Gasteiger partial charge in [-0.15, -0.1) is 0 Å². The molecule has 0 aliphatic rings. The average molecular weight is 342 g/mol. The molecule has 3 aromatic rings. The van der Waals surface area contributed by atoms with E-state index < -0.39 is 0 Å². The normalized spacial score (nSPS) is 10.9. The molecular weight excluding hydrogens is 324 g/mol. The molecule has 0 saturated heterocycles. The van der Waals surface area contributed by atoms with Gasteiger partial charge in [-0.2, -0.15) is 0 Å². The second-order valence-corrected chi connectivity index (χ2v) is 6.33. The van der Waals surface area contributed by atoms with Crippen molar-refractivity contribution in [1.82, 2.24) is 20.3 Å². The smallest absolute Gasteiger partial charge is 0.195 e. The van der Waals surface area contributed by atoms with E-state index in [2.05, 4.69) is 20.3 Å². The molecule has 0 saturated carbocycles. The van der Waals surface area contributed by atoms with E-state index in [1.807, 2.05) is 26.0 Å². The van der Waals surface area contributed by atoms with Crippen molar-refractivity contribution in [1.29, 1.82) is 0 Å². The van der Waals surface area contributed by atoms with E-state index in [1.54, 1.807) is 24.7 Å². The van der Waals surface area contributed by atoms with Crippen molar-refractivity contribution in [3.8, 4) is 0 Å². The van der Waals surface area contributed by atoms with Crippen LogP contribution < -0.4 is 10.7 Å². The lowest BCUT2D eigenvalue weighted by molar-refractivity contribution is 0.415. The van der Waals surface area contributed by atoms with Crippen LogP contribution in [-0.2, 0) is 13.1 Å². The Morgan fingerprint density at radius 3 is 2.79 bits per heavy atom. The summed E-state index contributed by atoms with van der Waals surface area (Å²) in [5.41, 5.74) is 2.46. The van der Waals surface area contributed by atoms with E-state index in [0.717, 1.165) is 27.7 Å². The molecule has 0 aliphatic carbocycles. The molecule has 0 spiro atoms. The first-order valence-corrected chi connectivity index (χ1v) is 8.37. The largest absolute Gasteiger partial charge is 0.453 e. The fraction of sp³-hybridized carbons (Fsp3) is 0.235. The Labute approximate surface area is 143 Å². The van der Waals surface area contributed by atoms with Crippen LogP contribution in [0.15, 0.2) is 56.3 Å². The number of aryl methyl sites for hydroxylation is 1. The maximum Gasteiger partial charge on any atom is 0.195 e. The van der Waals surface area contributed by atoms with Crippen molar-refractivity contribution >= 4 is 11.8 Å². The summed E-state index contributed by atoms with van der Waals surface area (Å²) in [6, 6.07) is 5.60. The molecule has 0 aromatic carbocycles. The molecule has 0 atom stereocenters. The number of hydrogen-bond acceptors (Lipinski definition) is 6. The molecule has 0 bridgehead atoms. The third-order valence-corrected chi connectivity index (χ3v) is 4.40. The zero-order valence-electron chi connectivity index (χ0n) is 13.5. The zero-order valence-corrected chi connectivity index (χ0v) is 14.3. The van der Waals surface area contributed by atoms with E-state index >= 15 is 0 Å². The van der Waals surface area contributed by atoms with E-state index in [9.17, 15) is 4.79 Å². The predicted molar refractivity (Wildman–Crippen MR) is 91.9 cm³/mol. The molecule has 24 heavy (non-hydrogen) atoms. The Balaban J connectivity index is 1.56. The fourth-order valence-corrected chi connectivity index (χ4v) is 2.92. The third kappa shape index (κ3) is 3.93. The summed E-state index contributed by atoms with van der Waals surface area (Å²) in [7, 11) is 0. The maximum atomic E-state index is 11.9. The molecular formula is C17H18N4O2S. The summed E-state index contributed by atoms with van der Waals surface area (Å²) in [5, 5.41) is 4.68. The molecule has 3 aromatic heterocycles. The highest BCUT2D eigenvalue weighted by Gasteiger charge is 2.07. The molecule has 0 radical (unpaired) electrons. The lowest BCUT2D eigenvalue weighted by atomic mass is 10.1. The molecule has 0 unspecified atom stereocenters. The number of hydrogen-bond donors (Lipinski definition) is 2. The molecule has 0 amide bonds. The van der Waals surface area contributed by atoms with Gasteiger partial charge in [-0.05, 0) is 43.8 Å². The van der Waals surface area contributed by atoms with E-state index in [4.69, 9.17) is 4.42 Å². The van der Waals surface area contributed by atoms with Crippen LogP contribution >= 0.6 is 11.8 Å². The summed E-state index contributed by atoms with van der Waals surface area (Å²) in [6.45, 7) is 4.80. The van der Waals surface area contributed by atoms with E-state index in [0.29, 0.717) is 18.2 Å². The summed E-state index contributed by atoms with van der Waals surface area (Å²) in [4.78, 5) is 23.4. The van der Waals surface area contributed by atoms with Crippen molar-refractivity contribution in [2.75, 3.05) is 0 Å². The van der Waals surface area contributed by atoms with Crippen molar-refractivity contribution in [2.24, 2.45) is 0 Å². The van der Waals surface area contributed by atoms with Gasteiger partial charge in [0.2, 0.25) is 0 Å². The molecule has 3 rings (SSSR count). The van der Waals surface area contributed by atoms with Gasteiger partial charge in [0.1, 0.15) is 5.76 Å². The van der Waals surface area contributed by atoms with Gasteiger partial charge in [0.15, 0.2) is 15.7 Å². The Kier molecular flexibility index (Phi) is 5.12. The van der Waals surface area contributed by atoms with Gasteiger partial charge in [-0.1, -0.05) is 0 Å². The number of rotatable bonds is 6. The minimum Gasteiger partial charge on any atom is -0.453 e. The lowest BCUT2D eigenvalue weighted by Gasteiger charge is -2.07. The molecule has 2 N–H and O–H groups in total. The van der Waals surface area contributed by atoms with Gasteiger partial charge in [0.25, 0.3) is 0 Å². The van der Waals surface area contributed by atoms with E-state index in [1.165, 1.54) is 11.8 Å². The van der Waals surface area contributed by atoms with Gasteiger partial charge in [0, 0.05) is 42.0 Å². The molecule has 7 heteroatoms. The Bertz CT molecular complexity index is 874. The molecule has 6 nitrogen and oxygen atoms in total. The third-order valence-electron chi connectivity index (χ3n) is 3.59. The number of aromatic nitrogens is 3. The van der Waals surface area contributed by atoms with Crippen LogP contribution in [0.2, 0.25) is 0 Å². The van der Waals surface area contributed by atoms with Crippen molar-refractivity contribution in [3.05, 3.63) is 69.6 Å². The van der Waals surface area contributed by atoms with E-state index in [-0.39, 0.29) is 5.43 Å². The van der Waals surface area contributed by atoms with Crippen LogP contribution in [0.1, 0.15) is 22.6 Å². The number of H-pyrrole nitrogens is 1. The molecule has 0 aliphatic heterocycles. The first-order chi connectivity index (χ1) is 11.6. The minimum atomic E-state index is 0.0881. The number of aromatic amines is 1. The van der Waals surface area contributed by atoms with Gasteiger partial charge in [-0.25, -0.2) is 9.97 Å². The van der Waals surface area contributed by atoms with Crippen LogP contribution in [0.5, 0.6) is 0 Å². The SMILES string of the molecule is Cc1c[nH]c(CNCc2ccc(Sc3ncccn3)o2)c(C)c1=O. The second kappa shape index (κ2) is 7.46.